The largest absolute Gasteiger partial charge is 0.353 e. The van der Waals surface area contributed by atoms with Crippen molar-refractivity contribution >= 4 is 23.0 Å². The Kier molecular flexibility index (Phi) is 4.62. The predicted molar refractivity (Wildman–Crippen MR) is 99.7 cm³/mol. The molecule has 1 saturated carbocycles. The second kappa shape index (κ2) is 6.67. The zero-order valence-electron chi connectivity index (χ0n) is 13.7. The molecule has 3 nitrogen and oxygen atoms in total. The van der Waals surface area contributed by atoms with Crippen LogP contribution in [0.5, 0.6) is 0 Å². The van der Waals surface area contributed by atoms with Crippen LogP contribution in [0.15, 0.2) is 42.7 Å². The number of nitrogens with zero attached hydrogens (tertiary/aromatic N) is 1. The van der Waals surface area contributed by atoms with Gasteiger partial charge in [0.1, 0.15) is 0 Å². The Morgan fingerprint density at radius 2 is 1.78 bits per heavy atom. The lowest BCUT2D eigenvalue weighted by atomic mass is 9.89. The van der Waals surface area contributed by atoms with Crippen LogP contribution in [0, 0.1) is 13.8 Å². The number of benzene rings is 1. The number of aromatic nitrogens is 1. The van der Waals surface area contributed by atoms with Crippen molar-refractivity contribution < 1.29 is 0 Å². The Hall–Kier alpha value is -1.94. The molecule has 0 unspecified atom stereocenters. The molecule has 2 aromatic rings. The number of aryl methyl sites for hydroxylation is 2. The SMILES string of the molecule is Cc1ccc(NC(=S)NC2(c3ccncc3)CCCC2)c(C)c1. The second-order valence-electron chi connectivity index (χ2n) is 6.42. The van der Waals surface area contributed by atoms with Gasteiger partial charge in [0.25, 0.3) is 0 Å². The standard InChI is InChI=1S/C19H23N3S/c1-14-5-6-17(15(2)13-14)21-18(23)22-19(9-3-4-10-19)16-7-11-20-12-8-16/h5-8,11-13H,3-4,9-10H2,1-2H3,(H2,21,22,23). The van der Waals surface area contributed by atoms with Crippen LogP contribution in [0.25, 0.3) is 0 Å². The van der Waals surface area contributed by atoms with Gasteiger partial charge < -0.3 is 10.6 Å². The Morgan fingerprint density at radius 1 is 1.09 bits per heavy atom. The summed E-state index contributed by atoms with van der Waals surface area (Å²) < 4.78 is 0. The highest BCUT2D eigenvalue weighted by molar-refractivity contribution is 7.80. The van der Waals surface area contributed by atoms with Crippen LogP contribution in [0.4, 0.5) is 5.69 Å². The van der Waals surface area contributed by atoms with Crippen LogP contribution in [0.2, 0.25) is 0 Å². The summed E-state index contributed by atoms with van der Waals surface area (Å²) in [5, 5.41) is 7.65. The van der Waals surface area contributed by atoms with Gasteiger partial charge in [-0.25, -0.2) is 0 Å². The van der Waals surface area contributed by atoms with Gasteiger partial charge >= 0.3 is 0 Å². The van der Waals surface area contributed by atoms with Crippen LogP contribution < -0.4 is 10.6 Å². The highest BCUT2D eigenvalue weighted by atomic mass is 32.1. The number of rotatable bonds is 3. The zero-order chi connectivity index (χ0) is 16.3. The molecular formula is C19H23N3S. The highest BCUT2D eigenvalue weighted by Crippen LogP contribution is 2.38. The van der Waals surface area contributed by atoms with E-state index in [4.69, 9.17) is 12.2 Å². The molecule has 2 N–H and O–H groups in total. The van der Waals surface area contributed by atoms with E-state index in [0.717, 1.165) is 18.5 Å². The number of nitrogens with one attached hydrogen (secondary N) is 2. The molecule has 0 radical (unpaired) electrons. The normalized spacial score (nSPS) is 16.1. The first-order valence-electron chi connectivity index (χ1n) is 8.16. The van der Waals surface area contributed by atoms with Gasteiger partial charge in [0, 0.05) is 18.1 Å². The third-order valence-electron chi connectivity index (χ3n) is 4.67. The first-order valence-corrected chi connectivity index (χ1v) is 8.57. The van der Waals surface area contributed by atoms with Crippen molar-refractivity contribution in [2.24, 2.45) is 0 Å². The minimum atomic E-state index is -0.0639. The molecule has 120 valence electrons. The van der Waals surface area contributed by atoms with Gasteiger partial charge in [-0.05, 0) is 68.2 Å². The van der Waals surface area contributed by atoms with E-state index in [0.29, 0.717) is 5.11 Å². The van der Waals surface area contributed by atoms with E-state index < -0.39 is 0 Å². The average molecular weight is 325 g/mol. The van der Waals surface area contributed by atoms with E-state index in [1.165, 1.54) is 29.5 Å². The Labute approximate surface area is 143 Å². The average Bonchev–Trinajstić information content (AvgIpc) is 3.01. The third kappa shape index (κ3) is 3.53. The van der Waals surface area contributed by atoms with Gasteiger partial charge in [-0.3, -0.25) is 4.98 Å². The number of thiocarbonyl (C=S) groups is 1. The molecule has 0 aliphatic heterocycles. The van der Waals surface area contributed by atoms with E-state index in [9.17, 15) is 0 Å². The van der Waals surface area contributed by atoms with Crippen molar-refractivity contribution in [3.05, 3.63) is 59.4 Å². The van der Waals surface area contributed by atoms with Crippen LogP contribution in [0.1, 0.15) is 42.4 Å². The molecule has 1 aromatic carbocycles. The van der Waals surface area contributed by atoms with Crippen molar-refractivity contribution in [3.8, 4) is 0 Å². The Balaban J connectivity index is 1.77. The van der Waals surface area contributed by atoms with Gasteiger partial charge in [0.2, 0.25) is 0 Å². The number of pyridine rings is 1. The molecule has 0 amide bonds. The summed E-state index contributed by atoms with van der Waals surface area (Å²) in [6, 6.07) is 10.5. The maximum absolute atomic E-state index is 5.60. The molecule has 0 atom stereocenters. The molecular weight excluding hydrogens is 302 g/mol. The van der Waals surface area contributed by atoms with Crippen LogP contribution >= 0.6 is 12.2 Å². The predicted octanol–water partition coefficient (Wildman–Crippen LogP) is 4.45. The van der Waals surface area contributed by atoms with E-state index in [1.807, 2.05) is 12.4 Å². The first kappa shape index (κ1) is 15.9. The molecule has 1 fully saturated rings. The van der Waals surface area contributed by atoms with E-state index in [2.05, 4.69) is 59.8 Å². The van der Waals surface area contributed by atoms with Crippen molar-refractivity contribution in [1.82, 2.24) is 10.3 Å². The molecule has 0 bridgehead atoms. The summed E-state index contributed by atoms with van der Waals surface area (Å²) in [6.45, 7) is 4.20. The highest BCUT2D eigenvalue weighted by Gasteiger charge is 2.36. The molecule has 0 saturated heterocycles. The molecule has 1 aromatic heterocycles. The summed E-state index contributed by atoms with van der Waals surface area (Å²) in [4.78, 5) is 4.14. The van der Waals surface area contributed by atoms with Gasteiger partial charge in [-0.15, -0.1) is 0 Å². The fourth-order valence-corrected chi connectivity index (χ4v) is 3.77. The van der Waals surface area contributed by atoms with Crippen molar-refractivity contribution in [1.29, 1.82) is 0 Å². The molecule has 1 aliphatic carbocycles. The monoisotopic (exact) mass is 325 g/mol. The molecule has 1 heterocycles. The van der Waals surface area contributed by atoms with Crippen molar-refractivity contribution in [2.45, 2.75) is 45.1 Å². The maximum atomic E-state index is 5.60. The molecule has 0 spiro atoms. The smallest absolute Gasteiger partial charge is 0.171 e. The summed E-state index contributed by atoms with van der Waals surface area (Å²) in [5.74, 6) is 0. The maximum Gasteiger partial charge on any atom is 0.171 e. The summed E-state index contributed by atoms with van der Waals surface area (Å²) >= 11 is 5.60. The Morgan fingerprint density at radius 3 is 2.43 bits per heavy atom. The van der Waals surface area contributed by atoms with Crippen LogP contribution in [-0.4, -0.2) is 10.1 Å². The lowest BCUT2D eigenvalue weighted by molar-refractivity contribution is 0.408. The van der Waals surface area contributed by atoms with Crippen molar-refractivity contribution in [2.75, 3.05) is 5.32 Å². The van der Waals surface area contributed by atoms with E-state index in [1.54, 1.807) is 0 Å². The number of hydrogen-bond acceptors (Lipinski definition) is 2. The van der Waals surface area contributed by atoms with E-state index >= 15 is 0 Å². The fraction of sp³-hybridized carbons (Fsp3) is 0.368. The van der Waals surface area contributed by atoms with Gasteiger partial charge in [-0.2, -0.15) is 0 Å². The Bertz CT molecular complexity index is 691. The van der Waals surface area contributed by atoms with Crippen LogP contribution in [-0.2, 0) is 5.54 Å². The quantitative estimate of drug-likeness (QED) is 0.817. The summed E-state index contributed by atoms with van der Waals surface area (Å²) in [5.41, 5.74) is 4.74. The number of hydrogen-bond donors (Lipinski definition) is 2. The lowest BCUT2D eigenvalue weighted by Crippen LogP contribution is -2.45. The van der Waals surface area contributed by atoms with Gasteiger partial charge in [0.15, 0.2) is 5.11 Å². The van der Waals surface area contributed by atoms with Gasteiger partial charge in [0.05, 0.1) is 5.54 Å². The van der Waals surface area contributed by atoms with Crippen molar-refractivity contribution in [3.63, 3.8) is 0 Å². The molecule has 1 aliphatic rings. The summed E-state index contributed by atoms with van der Waals surface area (Å²) in [7, 11) is 0. The second-order valence-corrected chi connectivity index (χ2v) is 6.83. The number of anilines is 1. The third-order valence-corrected chi connectivity index (χ3v) is 4.88. The minimum Gasteiger partial charge on any atom is -0.353 e. The van der Waals surface area contributed by atoms with Gasteiger partial charge in [-0.1, -0.05) is 30.5 Å². The molecule has 3 rings (SSSR count). The minimum absolute atomic E-state index is 0.0639. The lowest BCUT2D eigenvalue weighted by Gasteiger charge is -2.32. The molecule has 23 heavy (non-hydrogen) atoms. The fourth-order valence-electron chi connectivity index (χ4n) is 3.46. The zero-order valence-corrected chi connectivity index (χ0v) is 14.5. The topological polar surface area (TPSA) is 37.0 Å². The van der Waals surface area contributed by atoms with Crippen LogP contribution in [0.3, 0.4) is 0 Å². The molecule has 4 heteroatoms. The summed E-state index contributed by atoms with van der Waals surface area (Å²) in [6.07, 6.45) is 8.37. The first-order chi connectivity index (χ1) is 11.1. The van der Waals surface area contributed by atoms with E-state index in [-0.39, 0.29) is 5.54 Å².